The van der Waals surface area contributed by atoms with Crippen molar-refractivity contribution in [2.24, 2.45) is 0 Å². The summed E-state index contributed by atoms with van der Waals surface area (Å²) in [5, 5.41) is 7.69. The number of rotatable bonds is 10. The summed E-state index contributed by atoms with van der Waals surface area (Å²) in [6, 6.07) is 17.1. The highest BCUT2D eigenvalue weighted by molar-refractivity contribution is 5.76. The standard InChI is InChI=1S/C27H27FN4O3/c1-3-25-24(13-14-26(33)30-18-19-6-5-15-29-17-19)27(35-23-8-4-7-20(28)16-23)32(31-25)21-9-11-22(34-2)12-10-21/h4-12,15-17H,3,13-14,18H2,1-2H3,(H,30,33). The zero-order valence-corrected chi connectivity index (χ0v) is 19.7. The largest absolute Gasteiger partial charge is 0.497 e. The molecule has 1 amide bonds. The Morgan fingerprint density at radius 3 is 2.60 bits per heavy atom. The number of halogens is 1. The zero-order valence-electron chi connectivity index (χ0n) is 19.7. The van der Waals surface area contributed by atoms with Gasteiger partial charge in [-0.05, 0) is 60.9 Å². The van der Waals surface area contributed by atoms with Crippen LogP contribution in [0.3, 0.4) is 0 Å². The molecular formula is C27H27FN4O3. The SMILES string of the molecule is CCc1nn(-c2ccc(OC)cc2)c(Oc2cccc(F)c2)c1CCC(=O)NCc1cccnc1. The Balaban J connectivity index is 1.61. The summed E-state index contributed by atoms with van der Waals surface area (Å²) in [5.41, 5.74) is 3.31. The molecule has 1 N–H and O–H groups in total. The number of pyridine rings is 1. The third kappa shape index (κ3) is 6.03. The van der Waals surface area contributed by atoms with Gasteiger partial charge in [-0.3, -0.25) is 9.78 Å². The van der Waals surface area contributed by atoms with Gasteiger partial charge in [-0.25, -0.2) is 9.07 Å². The highest BCUT2D eigenvalue weighted by Crippen LogP contribution is 2.33. The molecule has 0 saturated carbocycles. The summed E-state index contributed by atoms with van der Waals surface area (Å²) in [7, 11) is 1.61. The average molecular weight is 475 g/mol. The van der Waals surface area contributed by atoms with Crippen molar-refractivity contribution >= 4 is 5.91 Å². The van der Waals surface area contributed by atoms with Crippen LogP contribution in [-0.2, 0) is 24.2 Å². The number of benzene rings is 2. The number of aryl methyl sites for hydroxylation is 1. The van der Waals surface area contributed by atoms with Gasteiger partial charge in [0.25, 0.3) is 0 Å². The molecule has 0 aliphatic carbocycles. The molecule has 2 aromatic heterocycles. The molecule has 4 aromatic rings. The molecule has 0 atom stereocenters. The van der Waals surface area contributed by atoms with Crippen molar-refractivity contribution in [1.82, 2.24) is 20.1 Å². The summed E-state index contributed by atoms with van der Waals surface area (Å²) in [5.74, 6) is 1.03. The first kappa shape index (κ1) is 23.9. The Bertz CT molecular complexity index is 1270. The third-order valence-electron chi connectivity index (χ3n) is 5.50. The van der Waals surface area contributed by atoms with Crippen LogP contribution in [0, 0.1) is 5.82 Å². The van der Waals surface area contributed by atoms with E-state index >= 15 is 0 Å². The molecule has 0 aliphatic heterocycles. The fourth-order valence-electron chi connectivity index (χ4n) is 3.69. The van der Waals surface area contributed by atoms with Crippen molar-refractivity contribution in [2.75, 3.05) is 7.11 Å². The lowest BCUT2D eigenvalue weighted by Gasteiger charge is -2.12. The summed E-state index contributed by atoms with van der Waals surface area (Å²) < 4.78 is 27.0. The molecule has 0 radical (unpaired) electrons. The first-order valence-corrected chi connectivity index (χ1v) is 11.4. The second-order valence-corrected chi connectivity index (χ2v) is 7.89. The quantitative estimate of drug-likeness (QED) is 0.349. The van der Waals surface area contributed by atoms with E-state index in [0.29, 0.717) is 31.0 Å². The maximum atomic E-state index is 13.9. The lowest BCUT2D eigenvalue weighted by Crippen LogP contribution is -2.23. The number of amides is 1. The van der Waals surface area contributed by atoms with Crippen molar-refractivity contribution < 1.29 is 18.7 Å². The van der Waals surface area contributed by atoms with E-state index in [2.05, 4.69) is 10.3 Å². The number of nitrogens with one attached hydrogen (secondary N) is 1. The third-order valence-corrected chi connectivity index (χ3v) is 5.50. The van der Waals surface area contributed by atoms with Crippen molar-refractivity contribution in [2.45, 2.75) is 32.7 Å². The molecule has 0 bridgehead atoms. The van der Waals surface area contributed by atoms with Crippen LogP contribution in [0.5, 0.6) is 17.4 Å². The van der Waals surface area contributed by atoms with Gasteiger partial charge >= 0.3 is 0 Å². The Kier molecular flexibility index (Phi) is 7.72. The van der Waals surface area contributed by atoms with Crippen LogP contribution < -0.4 is 14.8 Å². The highest BCUT2D eigenvalue weighted by Gasteiger charge is 2.21. The van der Waals surface area contributed by atoms with Crippen LogP contribution in [0.2, 0.25) is 0 Å². The van der Waals surface area contributed by atoms with Crippen LogP contribution in [0.15, 0.2) is 73.1 Å². The van der Waals surface area contributed by atoms with Gasteiger partial charge in [0.15, 0.2) is 0 Å². The predicted octanol–water partition coefficient (Wildman–Crippen LogP) is 5.02. The lowest BCUT2D eigenvalue weighted by molar-refractivity contribution is -0.121. The minimum absolute atomic E-state index is 0.0928. The van der Waals surface area contributed by atoms with Gasteiger partial charge in [-0.15, -0.1) is 0 Å². The van der Waals surface area contributed by atoms with Crippen LogP contribution >= 0.6 is 0 Å². The number of carbonyl (C=O) groups excluding carboxylic acids is 1. The number of carbonyl (C=O) groups is 1. The maximum absolute atomic E-state index is 13.9. The van der Waals surface area contributed by atoms with Crippen LogP contribution in [0.4, 0.5) is 4.39 Å². The van der Waals surface area contributed by atoms with Crippen LogP contribution in [0.25, 0.3) is 5.69 Å². The van der Waals surface area contributed by atoms with Crippen molar-refractivity contribution in [1.29, 1.82) is 0 Å². The summed E-state index contributed by atoms with van der Waals surface area (Å²) in [6.07, 6.45) is 4.73. The molecule has 8 heteroatoms. The summed E-state index contributed by atoms with van der Waals surface area (Å²) in [6.45, 7) is 2.41. The fraction of sp³-hybridized carbons (Fsp3) is 0.222. The minimum atomic E-state index is -0.398. The van der Waals surface area contributed by atoms with Gasteiger partial charge in [0.1, 0.15) is 17.3 Å². The van der Waals surface area contributed by atoms with Gasteiger partial charge in [-0.2, -0.15) is 5.10 Å². The van der Waals surface area contributed by atoms with Gasteiger partial charge in [0.05, 0.1) is 18.5 Å². The number of hydrogen-bond donors (Lipinski definition) is 1. The van der Waals surface area contributed by atoms with E-state index in [9.17, 15) is 9.18 Å². The first-order valence-electron chi connectivity index (χ1n) is 11.4. The second kappa shape index (κ2) is 11.3. The van der Waals surface area contributed by atoms with E-state index in [4.69, 9.17) is 14.6 Å². The topological polar surface area (TPSA) is 78.3 Å². The monoisotopic (exact) mass is 474 g/mol. The predicted molar refractivity (Wildman–Crippen MR) is 130 cm³/mol. The maximum Gasteiger partial charge on any atom is 0.226 e. The second-order valence-electron chi connectivity index (χ2n) is 7.89. The molecule has 0 aliphatic rings. The smallest absolute Gasteiger partial charge is 0.226 e. The molecule has 7 nitrogen and oxygen atoms in total. The normalized spacial score (nSPS) is 10.7. The summed E-state index contributed by atoms with van der Waals surface area (Å²) in [4.78, 5) is 16.7. The Morgan fingerprint density at radius 1 is 1.09 bits per heavy atom. The van der Waals surface area contributed by atoms with E-state index in [1.165, 1.54) is 12.1 Å². The lowest BCUT2D eigenvalue weighted by atomic mass is 10.1. The van der Waals surface area contributed by atoms with Crippen molar-refractivity contribution in [3.8, 4) is 23.1 Å². The average Bonchev–Trinajstić information content (AvgIpc) is 3.24. The van der Waals surface area contributed by atoms with E-state index < -0.39 is 5.82 Å². The molecule has 0 unspecified atom stereocenters. The first-order chi connectivity index (χ1) is 17.1. The molecular weight excluding hydrogens is 447 g/mol. The molecule has 4 rings (SSSR count). The van der Waals surface area contributed by atoms with Gasteiger partial charge in [0.2, 0.25) is 11.8 Å². The molecule has 0 saturated heterocycles. The van der Waals surface area contributed by atoms with Gasteiger partial charge in [-0.1, -0.05) is 19.1 Å². The Labute approximate surface area is 203 Å². The van der Waals surface area contributed by atoms with E-state index in [1.54, 1.807) is 36.3 Å². The molecule has 0 spiro atoms. The number of ether oxygens (including phenoxy) is 2. The molecule has 2 heterocycles. The van der Waals surface area contributed by atoms with E-state index in [0.717, 1.165) is 28.3 Å². The van der Waals surface area contributed by atoms with E-state index in [1.807, 2.05) is 43.3 Å². The molecule has 35 heavy (non-hydrogen) atoms. The highest BCUT2D eigenvalue weighted by atomic mass is 19.1. The number of nitrogens with zero attached hydrogens (tertiary/aromatic N) is 3. The van der Waals surface area contributed by atoms with Crippen LogP contribution in [-0.4, -0.2) is 27.8 Å². The number of aromatic nitrogens is 3. The summed E-state index contributed by atoms with van der Waals surface area (Å²) >= 11 is 0. The van der Waals surface area contributed by atoms with Crippen molar-refractivity contribution in [3.05, 3.63) is 95.7 Å². The minimum Gasteiger partial charge on any atom is -0.497 e. The van der Waals surface area contributed by atoms with Crippen molar-refractivity contribution in [3.63, 3.8) is 0 Å². The molecule has 2 aromatic carbocycles. The molecule has 0 fully saturated rings. The van der Waals surface area contributed by atoms with E-state index in [-0.39, 0.29) is 12.3 Å². The molecule has 180 valence electrons. The Morgan fingerprint density at radius 2 is 1.91 bits per heavy atom. The zero-order chi connectivity index (χ0) is 24.6. The Hall–Kier alpha value is -4.20. The number of hydrogen-bond acceptors (Lipinski definition) is 5. The van der Waals surface area contributed by atoms with Gasteiger partial charge < -0.3 is 14.8 Å². The van der Waals surface area contributed by atoms with Crippen LogP contribution in [0.1, 0.15) is 30.2 Å². The van der Waals surface area contributed by atoms with Gasteiger partial charge in [0, 0.05) is 37.0 Å². The number of methoxy groups -OCH3 is 1. The fourth-order valence-corrected chi connectivity index (χ4v) is 3.69.